The Morgan fingerprint density at radius 2 is 2.24 bits per heavy atom. The van der Waals surface area contributed by atoms with Crippen LogP contribution in [-0.4, -0.2) is 18.5 Å². The first-order valence-electron chi connectivity index (χ1n) is 7.74. The van der Waals surface area contributed by atoms with Crippen LogP contribution < -0.4 is 11.1 Å². The van der Waals surface area contributed by atoms with E-state index in [2.05, 4.69) is 24.1 Å². The van der Waals surface area contributed by atoms with E-state index >= 15 is 0 Å². The van der Waals surface area contributed by atoms with Crippen LogP contribution in [0.25, 0.3) is 0 Å². The Kier molecular flexibility index (Phi) is 5.41. The summed E-state index contributed by atoms with van der Waals surface area (Å²) in [5.41, 5.74) is 8.04. The van der Waals surface area contributed by atoms with Crippen LogP contribution in [0.1, 0.15) is 54.1 Å². The lowest BCUT2D eigenvalue weighted by atomic mass is 10.0. The number of hydrogen-bond donors (Lipinski definition) is 2. The predicted molar refractivity (Wildman–Crippen MR) is 86.0 cm³/mol. The molecule has 2 rings (SSSR count). The van der Waals surface area contributed by atoms with Crippen LogP contribution in [-0.2, 0) is 0 Å². The van der Waals surface area contributed by atoms with E-state index in [1.807, 2.05) is 25.1 Å². The molecule has 3 N–H and O–H groups in total. The third kappa shape index (κ3) is 4.61. The molecule has 0 heterocycles. The molecule has 3 nitrogen and oxygen atoms in total. The standard InChI is InChI=1S/C18H24N2O/c1-3-17(12-14-6-7-14)20-18(21)16-9-8-15(5-4-10-19)13(2)11-16/h8-9,11,14,17H,3,6-7,10,12,19H2,1-2H3,(H,20,21). The molecule has 1 aliphatic rings. The largest absolute Gasteiger partial charge is 0.349 e. The maximum absolute atomic E-state index is 12.3. The Balaban J connectivity index is 2.02. The topological polar surface area (TPSA) is 55.1 Å². The SMILES string of the molecule is CCC(CC1CC1)NC(=O)c1ccc(C#CCN)c(C)c1. The maximum Gasteiger partial charge on any atom is 0.251 e. The Morgan fingerprint density at radius 3 is 2.81 bits per heavy atom. The summed E-state index contributed by atoms with van der Waals surface area (Å²) in [4.78, 5) is 12.3. The first-order valence-corrected chi connectivity index (χ1v) is 7.74. The Hall–Kier alpha value is -1.79. The second kappa shape index (κ2) is 7.28. The molecule has 3 heteroatoms. The lowest BCUT2D eigenvalue weighted by Crippen LogP contribution is -2.34. The second-order valence-electron chi connectivity index (χ2n) is 5.79. The van der Waals surface area contributed by atoms with Crippen molar-refractivity contribution in [3.8, 4) is 11.8 Å². The molecule has 1 fully saturated rings. The van der Waals surface area contributed by atoms with E-state index in [9.17, 15) is 4.79 Å². The van der Waals surface area contributed by atoms with Crippen LogP contribution in [0.5, 0.6) is 0 Å². The Labute approximate surface area is 127 Å². The van der Waals surface area contributed by atoms with Crippen molar-refractivity contribution in [3.05, 3.63) is 34.9 Å². The van der Waals surface area contributed by atoms with Crippen LogP contribution >= 0.6 is 0 Å². The number of carbonyl (C=O) groups excluding carboxylic acids is 1. The fourth-order valence-corrected chi connectivity index (χ4v) is 2.44. The molecule has 1 atom stereocenters. The van der Waals surface area contributed by atoms with Gasteiger partial charge in [0, 0.05) is 17.2 Å². The molecule has 1 saturated carbocycles. The van der Waals surface area contributed by atoms with Crippen molar-refractivity contribution in [3.63, 3.8) is 0 Å². The number of carbonyl (C=O) groups is 1. The van der Waals surface area contributed by atoms with Crippen LogP contribution in [0.4, 0.5) is 0 Å². The van der Waals surface area contributed by atoms with Gasteiger partial charge in [0.15, 0.2) is 0 Å². The van der Waals surface area contributed by atoms with Gasteiger partial charge in [-0.05, 0) is 49.4 Å². The van der Waals surface area contributed by atoms with Gasteiger partial charge in [0.2, 0.25) is 0 Å². The summed E-state index contributed by atoms with van der Waals surface area (Å²) in [6.07, 6.45) is 4.74. The van der Waals surface area contributed by atoms with Gasteiger partial charge in [0.1, 0.15) is 0 Å². The first kappa shape index (κ1) is 15.6. The Bertz CT molecular complexity index is 564. The third-order valence-electron chi connectivity index (χ3n) is 3.96. The number of hydrogen-bond acceptors (Lipinski definition) is 2. The van der Waals surface area contributed by atoms with E-state index in [1.165, 1.54) is 12.8 Å². The normalized spacial score (nSPS) is 15.0. The van der Waals surface area contributed by atoms with Gasteiger partial charge >= 0.3 is 0 Å². The lowest BCUT2D eigenvalue weighted by molar-refractivity contribution is 0.0932. The highest BCUT2D eigenvalue weighted by Crippen LogP contribution is 2.34. The van der Waals surface area contributed by atoms with Gasteiger partial charge in [-0.15, -0.1) is 0 Å². The molecule has 0 spiro atoms. The van der Waals surface area contributed by atoms with Gasteiger partial charge in [-0.3, -0.25) is 4.79 Å². The van der Waals surface area contributed by atoms with Crippen LogP contribution in [0, 0.1) is 24.7 Å². The van der Waals surface area contributed by atoms with E-state index in [0.29, 0.717) is 18.2 Å². The summed E-state index contributed by atoms with van der Waals surface area (Å²) in [7, 11) is 0. The number of aryl methyl sites for hydroxylation is 1. The van der Waals surface area contributed by atoms with Gasteiger partial charge in [0.05, 0.1) is 6.54 Å². The van der Waals surface area contributed by atoms with Crippen molar-refractivity contribution in [2.24, 2.45) is 11.7 Å². The molecule has 1 amide bonds. The molecule has 1 aromatic rings. The molecular formula is C18H24N2O. The van der Waals surface area contributed by atoms with Crippen molar-refractivity contribution in [2.45, 2.75) is 45.6 Å². The van der Waals surface area contributed by atoms with Crippen molar-refractivity contribution >= 4 is 5.91 Å². The molecule has 0 saturated heterocycles. The van der Waals surface area contributed by atoms with Gasteiger partial charge in [-0.2, -0.15) is 0 Å². The summed E-state index contributed by atoms with van der Waals surface area (Å²) in [5.74, 6) is 6.70. The van der Waals surface area contributed by atoms with Gasteiger partial charge < -0.3 is 11.1 Å². The predicted octanol–water partition coefficient (Wildman–Crippen LogP) is 2.61. The monoisotopic (exact) mass is 284 g/mol. The average molecular weight is 284 g/mol. The van der Waals surface area contributed by atoms with Crippen LogP contribution in [0.2, 0.25) is 0 Å². The lowest BCUT2D eigenvalue weighted by Gasteiger charge is -2.17. The highest BCUT2D eigenvalue weighted by Gasteiger charge is 2.25. The number of nitrogens with two attached hydrogens (primary N) is 1. The van der Waals surface area contributed by atoms with Crippen molar-refractivity contribution in [1.82, 2.24) is 5.32 Å². The minimum absolute atomic E-state index is 0.0175. The number of amides is 1. The molecule has 1 unspecified atom stereocenters. The maximum atomic E-state index is 12.3. The minimum atomic E-state index is 0.0175. The molecule has 21 heavy (non-hydrogen) atoms. The molecular weight excluding hydrogens is 260 g/mol. The molecule has 0 bridgehead atoms. The number of benzene rings is 1. The highest BCUT2D eigenvalue weighted by molar-refractivity contribution is 5.94. The summed E-state index contributed by atoms with van der Waals surface area (Å²) in [6, 6.07) is 5.93. The minimum Gasteiger partial charge on any atom is -0.349 e. The van der Waals surface area contributed by atoms with E-state index in [0.717, 1.165) is 29.9 Å². The average Bonchev–Trinajstić information content (AvgIpc) is 3.29. The van der Waals surface area contributed by atoms with E-state index < -0.39 is 0 Å². The van der Waals surface area contributed by atoms with E-state index in [4.69, 9.17) is 5.73 Å². The molecule has 1 aromatic carbocycles. The van der Waals surface area contributed by atoms with Crippen molar-refractivity contribution in [1.29, 1.82) is 0 Å². The van der Waals surface area contributed by atoms with Crippen LogP contribution in [0.3, 0.4) is 0 Å². The fraction of sp³-hybridized carbons (Fsp3) is 0.500. The number of rotatable bonds is 5. The summed E-state index contributed by atoms with van der Waals surface area (Å²) in [5, 5.41) is 3.15. The van der Waals surface area contributed by atoms with Crippen molar-refractivity contribution in [2.75, 3.05) is 6.54 Å². The zero-order valence-corrected chi connectivity index (χ0v) is 12.9. The zero-order valence-electron chi connectivity index (χ0n) is 12.9. The summed E-state index contributed by atoms with van der Waals surface area (Å²) >= 11 is 0. The molecule has 0 aromatic heterocycles. The second-order valence-corrected chi connectivity index (χ2v) is 5.79. The molecule has 0 aliphatic heterocycles. The highest BCUT2D eigenvalue weighted by atomic mass is 16.1. The Morgan fingerprint density at radius 1 is 1.48 bits per heavy atom. The van der Waals surface area contributed by atoms with Gasteiger partial charge in [-0.25, -0.2) is 0 Å². The summed E-state index contributed by atoms with van der Waals surface area (Å²) in [6.45, 7) is 4.45. The van der Waals surface area contributed by atoms with Gasteiger partial charge in [-0.1, -0.05) is 31.6 Å². The van der Waals surface area contributed by atoms with Crippen LogP contribution in [0.15, 0.2) is 18.2 Å². The quantitative estimate of drug-likeness (QED) is 0.817. The molecule has 112 valence electrons. The number of nitrogens with one attached hydrogen (secondary N) is 1. The van der Waals surface area contributed by atoms with Gasteiger partial charge in [0.25, 0.3) is 5.91 Å². The van der Waals surface area contributed by atoms with Crippen molar-refractivity contribution < 1.29 is 4.79 Å². The molecule has 1 aliphatic carbocycles. The molecule has 0 radical (unpaired) electrons. The zero-order chi connectivity index (χ0) is 15.2. The van der Waals surface area contributed by atoms with E-state index in [-0.39, 0.29) is 5.91 Å². The van der Waals surface area contributed by atoms with E-state index in [1.54, 1.807) is 0 Å². The summed E-state index contributed by atoms with van der Waals surface area (Å²) < 4.78 is 0. The smallest absolute Gasteiger partial charge is 0.251 e. The first-order chi connectivity index (χ1) is 10.1. The fourth-order valence-electron chi connectivity index (χ4n) is 2.44. The third-order valence-corrected chi connectivity index (χ3v) is 3.96.